The Hall–Kier alpha value is -2.03. The Balaban J connectivity index is 1.70. The third-order valence-electron chi connectivity index (χ3n) is 4.35. The maximum atomic E-state index is 5.45. The highest BCUT2D eigenvalue weighted by Crippen LogP contribution is 2.32. The van der Waals surface area contributed by atoms with Crippen LogP contribution in [0.4, 0.5) is 0 Å². The summed E-state index contributed by atoms with van der Waals surface area (Å²) in [5.41, 5.74) is 0.974. The van der Waals surface area contributed by atoms with E-state index in [1.165, 1.54) is 0 Å². The van der Waals surface area contributed by atoms with E-state index in [0.717, 1.165) is 25.3 Å². The highest BCUT2D eigenvalue weighted by atomic mass is 16.5. The van der Waals surface area contributed by atoms with E-state index in [-0.39, 0.29) is 5.92 Å². The summed E-state index contributed by atoms with van der Waals surface area (Å²) in [6, 6.07) is 5.81. The van der Waals surface area contributed by atoms with E-state index in [1.807, 2.05) is 18.2 Å². The molecule has 8 nitrogen and oxygen atoms in total. The monoisotopic (exact) mass is 348 g/mol. The lowest BCUT2D eigenvalue weighted by molar-refractivity contribution is 0.142. The zero-order valence-corrected chi connectivity index (χ0v) is 14.8. The van der Waals surface area contributed by atoms with Crippen molar-refractivity contribution in [2.75, 3.05) is 41.0 Å². The summed E-state index contributed by atoms with van der Waals surface area (Å²) in [6.45, 7) is 3.45. The number of methoxy groups -OCH3 is 3. The molecule has 0 saturated carbocycles. The number of hydrogen-bond donors (Lipinski definition) is 0. The standard InChI is InChI=1S/C17H24N4O4/c1-22-10-12-7-21(8-13-5-4-6-16(18-13)24-3)9-14(12)17-19-15(11-23-2)20-25-17/h4-6,12,14H,7-11H2,1-3H3/t12-,14+/m0/s1. The van der Waals surface area contributed by atoms with Crippen molar-refractivity contribution in [3.05, 3.63) is 35.6 Å². The van der Waals surface area contributed by atoms with Gasteiger partial charge in [-0.15, -0.1) is 0 Å². The summed E-state index contributed by atoms with van der Waals surface area (Å²) in [5, 5.41) is 3.98. The van der Waals surface area contributed by atoms with Crippen molar-refractivity contribution in [2.24, 2.45) is 5.92 Å². The molecule has 1 aliphatic heterocycles. The minimum absolute atomic E-state index is 0.142. The lowest BCUT2D eigenvalue weighted by Crippen LogP contribution is -2.21. The number of rotatable bonds is 8. The molecule has 2 atom stereocenters. The van der Waals surface area contributed by atoms with Crippen LogP contribution >= 0.6 is 0 Å². The summed E-state index contributed by atoms with van der Waals surface area (Å²) < 4.78 is 21.1. The van der Waals surface area contributed by atoms with E-state index in [2.05, 4.69) is 20.0 Å². The van der Waals surface area contributed by atoms with E-state index >= 15 is 0 Å². The van der Waals surface area contributed by atoms with Crippen LogP contribution in [-0.2, 0) is 22.6 Å². The van der Waals surface area contributed by atoms with Crippen LogP contribution in [0.2, 0.25) is 0 Å². The van der Waals surface area contributed by atoms with Gasteiger partial charge in [0, 0.05) is 45.8 Å². The van der Waals surface area contributed by atoms with Crippen molar-refractivity contribution in [3.63, 3.8) is 0 Å². The molecule has 1 saturated heterocycles. The minimum Gasteiger partial charge on any atom is -0.481 e. The third kappa shape index (κ3) is 4.33. The predicted molar refractivity (Wildman–Crippen MR) is 89.2 cm³/mol. The largest absolute Gasteiger partial charge is 0.481 e. The van der Waals surface area contributed by atoms with Gasteiger partial charge in [0.05, 0.1) is 25.3 Å². The smallest absolute Gasteiger partial charge is 0.231 e. The lowest BCUT2D eigenvalue weighted by Gasteiger charge is -2.15. The Morgan fingerprint density at radius 2 is 2.04 bits per heavy atom. The lowest BCUT2D eigenvalue weighted by atomic mass is 9.97. The first-order valence-corrected chi connectivity index (χ1v) is 8.26. The molecule has 1 aliphatic rings. The van der Waals surface area contributed by atoms with E-state index < -0.39 is 0 Å². The third-order valence-corrected chi connectivity index (χ3v) is 4.35. The van der Waals surface area contributed by atoms with E-state index in [4.69, 9.17) is 18.7 Å². The Labute approximate surface area is 147 Å². The summed E-state index contributed by atoms with van der Waals surface area (Å²) in [7, 11) is 4.95. The van der Waals surface area contributed by atoms with Gasteiger partial charge >= 0.3 is 0 Å². The Kier molecular flexibility index (Phi) is 5.95. The maximum Gasteiger partial charge on any atom is 0.231 e. The highest BCUT2D eigenvalue weighted by molar-refractivity contribution is 5.16. The molecule has 0 unspecified atom stereocenters. The maximum absolute atomic E-state index is 5.45. The van der Waals surface area contributed by atoms with Crippen LogP contribution in [0.5, 0.6) is 5.88 Å². The van der Waals surface area contributed by atoms with Crippen molar-refractivity contribution < 1.29 is 18.7 Å². The molecule has 3 heterocycles. The van der Waals surface area contributed by atoms with Crippen molar-refractivity contribution in [1.82, 2.24) is 20.0 Å². The minimum atomic E-state index is 0.142. The molecule has 0 aromatic carbocycles. The van der Waals surface area contributed by atoms with Crippen LogP contribution in [0.25, 0.3) is 0 Å². The number of hydrogen-bond acceptors (Lipinski definition) is 8. The molecular formula is C17H24N4O4. The number of aromatic nitrogens is 3. The second-order valence-corrected chi connectivity index (χ2v) is 6.17. The van der Waals surface area contributed by atoms with Crippen LogP contribution in [0.1, 0.15) is 23.3 Å². The molecule has 1 fully saturated rings. The van der Waals surface area contributed by atoms with Crippen molar-refractivity contribution in [1.29, 1.82) is 0 Å². The molecule has 2 aromatic rings. The van der Waals surface area contributed by atoms with Crippen LogP contribution in [-0.4, -0.2) is 61.1 Å². The first kappa shape index (κ1) is 17.8. The van der Waals surface area contributed by atoms with Crippen LogP contribution in [0.3, 0.4) is 0 Å². The van der Waals surface area contributed by atoms with E-state index in [1.54, 1.807) is 21.3 Å². The molecule has 136 valence electrons. The SMILES string of the molecule is COCc1noc([C@@H]2CN(Cc3cccc(OC)n3)C[C@H]2COC)n1. The van der Waals surface area contributed by atoms with Gasteiger partial charge in [0.15, 0.2) is 5.82 Å². The quantitative estimate of drug-likeness (QED) is 0.709. The molecule has 2 aromatic heterocycles. The second-order valence-electron chi connectivity index (χ2n) is 6.17. The molecule has 0 amide bonds. The molecular weight excluding hydrogens is 324 g/mol. The average Bonchev–Trinajstić information content (AvgIpc) is 3.23. The van der Waals surface area contributed by atoms with Gasteiger partial charge in [-0.05, 0) is 6.07 Å². The van der Waals surface area contributed by atoms with Crippen LogP contribution in [0, 0.1) is 5.92 Å². The number of ether oxygens (including phenoxy) is 3. The average molecular weight is 348 g/mol. The molecule has 25 heavy (non-hydrogen) atoms. The van der Waals surface area contributed by atoms with Crippen LogP contribution < -0.4 is 4.74 Å². The van der Waals surface area contributed by atoms with Gasteiger partial charge in [-0.2, -0.15) is 4.98 Å². The first-order chi connectivity index (χ1) is 12.2. The van der Waals surface area contributed by atoms with Gasteiger partial charge in [0.1, 0.15) is 6.61 Å². The first-order valence-electron chi connectivity index (χ1n) is 8.26. The molecule has 0 radical (unpaired) electrons. The summed E-state index contributed by atoms with van der Waals surface area (Å²) >= 11 is 0. The number of pyridine rings is 1. The zero-order chi connectivity index (χ0) is 17.6. The second kappa shape index (κ2) is 8.37. The molecule has 8 heteroatoms. The van der Waals surface area contributed by atoms with Gasteiger partial charge in [0.25, 0.3) is 0 Å². The molecule has 0 spiro atoms. The number of nitrogens with zero attached hydrogens (tertiary/aromatic N) is 4. The van der Waals surface area contributed by atoms with E-state index in [9.17, 15) is 0 Å². The molecule has 0 N–H and O–H groups in total. The summed E-state index contributed by atoms with van der Waals surface area (Å²) in [5.74, 6) is 2.29. The Morgan fingerprint density at radius 3 is 2.80 bits per heavy atom. The Bertz CT molecular complexity index is 678. The predicted octanol–water partition coefficient (Wildman–Crippen LogP) is 1.48. The molecule has 0 bridgehead atoms. The zero-order valence-electron chi connectivity index (χ0n) is 14.8. The van der Waals surface area contributed by atoms with Gasteiger partial charge in [0.2, 0.25) is 11.8 Å². The summed E-state index contributed by atoms with van der Waals surface area (Å²) in [4.78, 5) is 11.3. The summed E-state index contributed by atoms with van der Waals surface area (Å²) in [6.07, 6.45) is 0. The fraction of sp³-hybridized carbons (Fsp3) is 0.588. The van der Waals surface area contributed by atoms with Gasteiger partial charge in [-0.25, -0.2) is 4.98 Å². The van der Waals surface area contributed by atoms with Crippen molar-refractivity contribution in [3.8, 4) is 5.88 Å². The van der Waals surface area contributed by atoms with Crippen LogP contribution in [0.15, 0.2) is 22.7 Å². The molecule has 0 aliphatic carbocycles. The van der Waals surface area contributed by atoms with E-state index in [0.29, 0.717) is 36.7 Å². The Morgan fingerprint density at radius 1 is 1.16 bits per heavy atom. The fourth-order valence-electron chi connectivity index (χ4n) is 3.25. The fourth-order valence-corrected chi connectivity index (χ4v) is 3.25. The highest BCUT2D eigenvalue weighted by Gasteiger charge is 2.37. The van der Waals surface area contributed by atoms with Crippen molar-refractivity contribution >= 4 is 0 Å². The van der Waals surface area contributed by atoms with Crippen molar-refractivity contribution in [2.45, 2.75) is 19.1 Å². The number of likely N-dealkylation sites (tertiary alicyclic amines) is 1. The topological polar surface area (TPSA) is 82.7 Å². The van der Waals surface area contributed by atoms with Gasteiger partial charge in [-0.1, -0.05) is 11.2 Å². The van der Waals surface area contributed by atoms with Gasteiger partial charge < -0.3 is 18.7 Å². The normalized spacial score (nSPS) is 20.9. The molecule has 3 rings (SSSR count). The van der Waals surface area contributed by atoms with Gasteiger partial charge in [-0.3, -0.25) is 4.90 Å².